The third-order valence-corrected chi connectivity index (χ3v) is 5.25. The summed E-state index contributed by atoms with van der Waals surface area (Å²) < 4.78 is 0. The maximum Gasteiger partial charge on any atom is 0.0126 e. The first kappa shape index (κ1) is 12.0. The van der Waals surface area contributed by atoms with E-state index in [9.17, 15) is 0 Å². The van der Waals surface area contributed by atoms with Gasteiger partial charge in [-0.15, -0.1) is 0 Å². The molecule has 2 nitrogen and oxygen atoms in total. The molecule has 3 aliphatic rings. The van der Waals surface area contributed by atoms with Crippen molar-refractivity contribution in [1.82, 2.24) is 10.2 Å². The van der Waals surface area contributed by atoms with Gasteiger partial charge < -0.3 is 5.32 Å². The molecule has 2 aliphatic carbocycles. The largest absolute Gasteiger partial charge is 0.316 e. The van der Waals surface area contributed by atoms with Gasteiger partial charge in [0.2, 0.25) is 0 Å². The van der Waals surface area contributed by atoms with Crippen LogP contribution in [0.4, 0.5) is 0 Å². The molecule has 1 N–H and O–H groups in total. The molecule has 3 fully saturated rings. The summed E-state index contributed by atoms with van der Waals surface area (Å²) in [6.45, 7) is 9.88. The molecule has 3 rings (SSSR count). The summed E-state index contributed by atoms with van der Waals surface area (Å²) in [5.41, 5.74) is 0. The molecular formula is C15H28N2. The summed E-state index contributed by atoms with van der Waals surface area (Å²) >= 11 is 0. The van der Waals surface area contributed by atoms with Crippen LogP contribution in [0.1, 0.15) is 39.5 Å². The summed E-state index contributed by atoms with van der Waals surface area (Å²) in [5.74, 6) is 3.77. The van der Waals surface area contributed by atoms with Gasteiger partial charge in [-0.3, -0.25) is 4.90 Å². The van der Waals surface area contributed by atoms with Crippen molar-refractivity contribution in [3.63, 3.8) is 0 Å². The molecule has 0 radical (unpaired) electrons. The molecule has 98 valence electrons. The zero-order valence-corrected chi connectivity index (χ0v) is 11.5. The Kier molecular flexibility index (Phi) is 3.45. The number of nitrogens with one attached hydrogen (secondary N) is 1. The minimum Gasteiger partial charge on any atom is -0.316 e. The SMILES string of the molecule is CC1CNCC(C)CN(C2CC3CCC2C3)C1. The van der Waals surface area contributed by atoms with Gasteiger partial charge in [0.15, 0.2) is 0 Å². The van der Waals surface area contributed by atoms with E-state index in [1.54, 1.807) is 6.42 Å². The van der Waals surface area contributed by atoms with Crippen LogP contribution in [-0.2, 0) is 0 Å². The number of hydrogen-bond acceptors (Lipinski definition) is 2. The number of nitrogens with zero attached hydrogens (tertiary/aromatic N) is 1. The van der Waals surface area contributed by atoms with Crippen molar-refractivity contribution in [2.24, 2.45) is 23.7 Å². The molecule has 2 heteroatoms. The minimum absolute atomic E-state index is 0.821. The highest BCUT2D eigenvalue weighted by atomic mass is 15.2. The molecule has 17 heavy (non-hydrogen) atoms. The lowest BCUT2D eigenvalue weighted by atomic mass is 9.92. The molecule has 1 saturated heterocycles. The molecule has 5 unspecified atom stereocenters. The van der Waals surface area contributed by atoms with Gasteiger partial charge in [0.1, 0.15) is 0 Å². The first-order valence-electron chi connectivity index (χ1n) is 7.67. The Morgan fingerprint density at radius 3 is 2.18 bits per heavy atom. The Hall–Kier alpha value is -0.0800. The van der Waals surface area contributed by atoms with Crippen LogP contribution in [0.2, 0.25) is 0 Å². The fourth-order valence-electron chi connectivity index (χ4n) is 4.51. The predicted molar refractivity (Wildman–Crippen MR) is 72.0 cm³/mol. The lowest BCUT2D eigenvalue weighted by molar-refractivity contribution is 0.0970. The van der Waals surface area contributed by atoms with Gasteiger partial charge in [-0.1, -0.05) is 20.3 Å². The second-order valence-electron chi connectivity index (χ2n) is 7.06. The van der Waals surface area contributed by atoms with Crippen LogP contribution in [0.25, 0.3) is 0 Å². The molecule has 1 heterocycles. The fraction of sp³-hybridized carbons (Fsp3) is 1.00. The van der Waals surface area contributed by atoms with E-state index in [0.717, 1.165) is 29.7 Å². The second-order valence-corrected chi connectivity index (χ2v) is 7.06. The third kappa shape index (κ3) is 2.53. The van der Waals surface area contributed by atoms with Crippen LogP contribution >= 0.6 is 0 Å². The van der Waals surface area contributed by atoms with Gasteiger partial charge >= 0.3 is 0 Å². The number of fused-ring (bicyclic) bond motifs is 2. The molecular weight excluding hydrogens is 208 g/mol. The van der Waals surface area contributed by atoms with E-state index in [-0.39, 0.29) is 0 Å². The average molecular weight is 236 g/mol. The fourth-order valence-corrected chi connectivity index (χ4v) is 4.51. The van der Waals surface area contributed by atoms with Crippen LogP contribution in [0.5, 0.6) is 0 Å². The summed E-state index contributed by atoms with van der Waals surface area (Å²) in [7, 11) is 0. The Balaban J connectivity index is 1.66. The van der Waals surface area contributed by atoms with Gasteiger partial charge in [0, 0.05) is 19.1 Å². The molecule has 0 spiro atoms. The maximum absolute atomic E-state index is 3.61. The van der Waals surface area contributed by atoms with Crippen molar-refractivity contribution in [1.29, 1.82) is 0 Å². The molecule has 5 atom stereocenters. The molecule has 1 aliphatic heterocycles. The van der Waals surface area contributed by atoms with E-state index < -0.39 is 0 Å². The Bertz CT molecular complexity index is 254. The lowest BCUT2D eigenvalue weighted by Gasteiger charge is -2.39. The van der Waals surface area contributed by atoms with E-state index in [0.29, 0.717) is 0 Å². The van der Waals surface area contributed by atoms with Gasteiger partial charge in [-0.25, -0.2) is 0 Å². The van der Waals surface area contributed by atoms with Gasteiger partial charge in [0.25, 0.3) is 0 Å². The van der Waals surface area contributed by atoms with Gasteiger partial charge in [-0.2, -0.15) is 0 Å². The summed E-state index contributed by atoms with van der Waals surface area (Å²) in [6.07, 6.45) is 6.11. The highest BCUT2D eigenvalue weighted by Gasteiger charge is 2.42. The molecule has 2 saturated carbocycles. The molecule has 0 aromatic rings. The van der Waals surface area contributed by atoms with E-state index in [1.807, 2.05) is 0 Å². The zero-order valence-electron chi connectivity index (χ0n) is 11.5. The lowest BCUT2D eigenvalue weighted by Crippen LogP contribution is -2.48. The Morgan fingerprint density at radius 2 is 1.65 bits per heavy atom. The van der Waals surface area contributed by atoms with E-state index in [2.05, 4.69) is 24.1 Å². The van der Waals surface area contributed by atoms with E-state index in [4.69, 9.17) is 0 Å². The van der Waals surface area contributed by atoms with Crippen LogP contribution < -0.4 is 5.32 Å². The summed E-state index contributed by atoms with van der Waals surface area (Å²) in [6, 6.07) is 0.941. The topological polar surface area (TPSA) is 15.3 Å². The van der Waals surface area contributed by atoms with Gasteiger partial charge in [-0.05, 0) is 56.0 Å². The van der Waals surface area contributed by atoms with Crippen molar-refractivity contribution in [2.45, 2.75) is 45.6 Å². The first-order chi connectivity index (χ1) is 8.22. The predicted octanol–water partition coefficient (Wildman–Crippen LogP) is 2.35. The van der Waals surface area contributed by atoms with Crippen molar-refractivity contribution in [3.05, 3.63) is 0 Å². The molecule has 2 bridgehead atoms. The van der Waals surface area contributed by atoms with Crippen LogP contribution in [-0.4, -0.2) is 37.1 Å². The van der Waals surface area contributed by atoms with Crippen molar-refractivity contribution >= 4 is 0 Å². The van der Waals surface area contributed by atoms with Crippen molar-refractivity contribution < 1.29 is 0 Å². The normalized spacial score (nSPS) is 48.0. The monoisotopic (exact) mass is 236 g/mol. The van der Waals surface area contributed by atoms with Crippen LogP contribution in [0, 0.1) is 23.7 Å². The van der Waals surface area contributed by atoms with Crippen LogP contribution in [0.3, 0.4) is 0 Å². The second kappa shape index (κ2) is 4.89. The standard InChI is InChI=1S/C15H28N2/c1-11-7-16-8-12(2)10-17(9-11)15-6-13-3-4-14(15)5-13/h11-16H,3-10H2,1-2H3. The van der Waals surface area contributed by atoms with Crippen molar-refractivity contribution in [2.75, 3.05) is 26.2 Å². The quantitative estimate of drug-likeness (QED) is 0.752. The highest BCUT2D eigenvalue weighted by molar-refractivity contribution is 4.96. The Morgan fingerprint density at radius 1 is 0.941 bits per heavy atom. The smallest absolute Gasteiger partial charge is 0.0126 e. The molecule has 0 aromatic carbocycles. The van der Waals surface area contributed by atoms with E-state index >= 15 is 0 Å². The number of rotatable bonds is 1. The minimum atomic E-state index is 0.821. The molecule has 0 aromatic heterocycles. The van der Waals surface area contributed by atoms with Gasteiger partial charge in [0.05, 0.1) is 0 Å². The van der Waals surface area contributed by atoms with Crippen molar-refractivity contribution in [3.8, 4) is 0 Å². The number of hydrogen-bond donors (Lipinski definition) is 1. The highest BCUT2D eigenvalue weighted by Crippen LogP contribution is 2.46. The summed E-state index contributed by atoms with van der Waals surface area (Å²) in [5, 5.41) is 3.61. The zero-order chi connectivity index (χ0) is 11.8. The Labute approximate surface area is 106 Å². The van der Waals surface area contributed by atoms with Crippen LogP contribution in [0.15, 0.2) is 0 Å². The summed E-state index contributed by atoms with van der Waals surface area (Å²) in [4.78, 5) is 2.86. The van der Waals surface area contributed by atoms with E-state index in [1.165, 1.54) is 45.4 Å². The first-order valence-corrected chi connectivity index (χ1v) is 7.67. The average Bonchev–Trinajstić information content (AvgIpc) is 2.87. The molecule has 0 amide bonds. The third-order valence-electron chi connectivity index (χ3n) is 5.25. The maximum atomic E-state index is 3.61.